The number of carboxylic acid groups (broad SMARTS) is 1. The molecule has 1 heterocycles. The second-order valence-corrected chi connectivity index (χ2v) is 2.11. The molecular formula is C8H12N2O2. The van der Waals surface area contributed by atoms with Gasteiger partial charge in [0.1, 0.15) is 12.4 Å². The second kappa shape index (κ2) is 6.15. The van der Waals surface area contributed by atoms with E-state index < -0.39 is 6.47 Å². The number of aromatic amines is 1. The molecule has 66 valence electrons. The number of aryl methyl sites for hydroxylation is 1. The number of carbonyl (C=O) groups excluding carboxylic acids is 1. The van der Waals surface area contributed by atoms with E-state index in [1.807, 2.05) is 30.1 Å². The summed E-state index contributed by atoms with van der Waals surface area (Å²) in [6.45, 7) is 3.14. The fourth-order valence-electron chi connectivity index (χ4n) is 0.777. The molecular weight excluding hydrogens is 156 g/mol. The van der Waals surface area contributed by atoms with Gasteiger partial charge < -0.3 is 9.90 Å². The minimum Gasteiger partial charge on any atom is -0.554 e. The minimum atomic E-state index is -0.500. The van der Waals surface area contributed by atoms with Gasteiger partial charge in [0.2, 0.25) is 0 Å². The molecule has 0 atom stereocenters. The van der Waals surface area contributed by atoms with Crippen molar-refractivity contribution in [3.05, 3.63) is 30.9 Å². The highest BCUT2D eigenvalue weighted by atomic mass is 16.3. The normalized spacial score (nSPS) is 8.08. The number of hydrogen-bond donors (Lipinski definition) is 1. The molecule has 12 heavy (non-hydrogen) atoms. The van der Waals surface area contributed by atoms with Gasteiger partial charge in [-0.3, -0.25) is 0 Å². The van der Waals surface area contributed by atoms with Gasteiger partial charge in [-0.25, -0.2) is 9.55 Å². The average Bonchev–Trinajstić information content (AvgIpc) is 2.39. The molecule has 0 aromatic carbocycles. The van der Waals surface area contributed by atoms with Crippen molar-refractivity contribution in [2.45, 2.75) is 6.42 Å². The van der Waals surface area contributed by atoms with E-state index in [1.54, 1.807) is 0 Å². The number of rotatable bonds is 2. The van der Waals surface area contributed by atoms with Crippen LogP contribution >= 0.6 is 0 Å². The molecule has 1 N–H and O–H groups in total. The van der Waals surface area contributed by atoms with Crippen LogP contribution in [-0.4, -0.2) is 11.5 Å². The first-order valence-corrected chi connectivity index (χ1v) is 3.44. The van der Waals surface area contributed by atoms with Crippen molar-refractivity contribution in [2.24, 2.45) is 7.05 Å². The van der Waals surface area contributed by atoms with E-state index in [1.165, 1.54) is 5.82 Å². The van der Waals surface area contributed by atoms with Crippen molar-refractivity contribution in [1.82, 2.24) is 4.98 Å². The summed E-state index contributed by atoms with van der Waals surface area (Å²) in [6, 6.07) is 0. The van der Waals surface area contributed by atoms with Crippen LogP contribution in [0.1, 0.15) is 5.82 Å². The number of hydrogen-bond acceptors (Lipinski definition) is 2. The van der Waals surface area contributed by atoms with E-state index in [-0.39, 0.29) is 0 Å². The molecule has 0 aliphatic rings. The fourth-order valence-corrected chi connectivity index (χ4v) is 0.777. The molecule has 1 rings (SSSR count). The third-order valence-electron chi connectivity index (χ3n) is 1.31. The molecule has 0 saturated carbocycles. The van der Waals surface area contributed by atoms with Crippen LogP contribution in [0.2, 0.25) is 0 Å². The van der Waals surface area contributed by atoms with Crippen LogP contribution in [0.5, 0.6) is 0 Å². The zero-order chi connectivity index (χ0) is 9.40. The van der Waals surface area contributed by atoms with Crippen molar-refractivity contribution in [3.8, 4) is 0 Å². The first kappa shape index (κ1) is 10.4. The lowest BCUT2D eigenvalue weighted by Gasteiger charge is -1.85. The lowest BCUT2D eigenvalue weighted by molar-refractivity contribution is -0.677. The first-order chi connectivity index (χ1) is 5.76. The van der Waals surface area contributed by atoms with E-state index in [2.05, 4.69) is 11.6 Å². The van der Waals surface area contributed by atoms with Gasteiger partial charge in [-0.15, -0.1) is 6.58 Å². The second-order valence-electron chi connectivity index (χ2n) is 2.11. The molecule has 0 bridgehead atoms. The molecule has 0 aliphatic heterocycles. The van der Waals surface area contributed by atoms with Crippen LogP contribution in [0.3, 0.4) is 0 Å². The summed E-state index contributed by atoms with van der Waals surface area (Å²) in [4.78, 5) is 11.3. The van der Waals surface area contributed by atoms with Crippen LogP contribution in [0.25, 0.3) is 0 Å². The van der Waals surface area contributed by atoms with Crippen LogP contribution in [0.15, 0.2) is 25.0 Å². The molecule has 4 heteroatoms. The van der Waals surface area contributed by atoms with E-state index in [4.69, 9.17) is 9.90 Å². The lowest BCUT2D eigenvalue weighted by atomic mass is 10.4. The molecule has 4 nitrogen and oxygen atoms in total. The minimum absolute atomic E-state index is 0.500. The summed E-state index contributed by atoms with van der Waals surface area (Å²) < 4.78 is 2.04. The van der Waals surface area contributed by atoms with E-state index in [9.17, 15) is 0 Å². The summed E-state index contributed by atoms with van der Waals surface area (Å²) in [5.74, 6) is 1.19. The zero-order valence-electron chi connectivity index (χ0n) is 6.99. The maximum atomic E-state index is 8.25. The molecule has 0 unspecified atom stereocenters. The van der Waals surface area contributed by atoms with Gasteiger partial charge >= 0.3 is 0 Å². The number of nitrogens with one attached hydrogen (secondary N) is 1. The Morgan fingerprint density at radius 2 is 2.42 bits per heavy atom. The van der Waals surface area contributed by atoms with Crippen LogP contribution < -0.4 is 9.67 Å². The number of nitrogens with zero attached hydrogens (tertiary/aromatic N) is 1. The summed E-state index contributed by atoms with van der Waals surface area (Å²) >= 11 is 0. The summed E-state index contributed by atoms with van der Waals surface area (Å²) in [7, 11) is 2.01. The van der Waals surface area contributed by atoms with Crippen molar-refractivity contribution in [2.75, 3.05) is 0 Å². The molecule has 0 fully saturated rings. The largest absolute Gasteiger partial charge is 0.554 e. The smallest absolute Gasteiger partial charge is 0.257 e. The Morgan fingerprint density at radius 3 is 2.75 bits per heavy atom. The highest BCUT2D eigenvalue weighted by Gasteiger charge is 2.00. The van der Waals surface area contributed by atoms with Crippen molar-refractivity contribution in [3.63, 3.8) is 0 Å². The predicted octanol–water partition coefficient (Wildman–Crippen LogP) is -1.07. The van der Waals surface area contributed by atoms with Gasteiger partial charge in [0.15, 0.2) is 0 Å². The number of carbonyl (C=O) groups is 1. The van der Waals surface area contributed by atoms with Gasteiger partial charge in [-0.05, 0) is 0 Å². The van der Waals surface area contributed by atoms with E-state index >= 15 is 0 Å². The molecule has 0 aliphatic carbocycles. The number of aromatic nitrogens is 2. The highest BCUT2D eigenvalue weighted by molar-refractivity contribution is 5.29. The van der Waals surface area contributed by atoms with Gasteiger partial charge in [-0.1, -0.05) is 6.08 Å². The van der Waals surface area contributed by atoms with Crippen LogP contribution in [-0.2, 0) is 18.3 Å². The fraction of sp³-hybridized carbons (Fsp3) is 0.250. The molecule has 0 saturated heterocycles. The van der Waals surface area contributed by atoms with E-state index in [0.717, 1.165) is 6.42 Å². The Bertz CT molecular complexity index is 243. The monoisotopic (exact) mass is 168 g/mol. The van der Waals surface area contributed by atoms with Gasteiger partial charge in [-0.2, -0.15) is 0 Å². The maximum absolute atomic E-state index is 8.25. The SMILES string of the molecule is C=CCc1[nH]cc[n+]1C.O=C[O-]. The first-order valence-electron chi connectivity index (χ1n) is 3.44. The van der Waals surface area contributed by atoms with Crippen molar-refractivity contribution < 1.29 is 14.5 Å². The Morgan fingerprint density at radius 1 is 1.83 bits per heavy atom. The zero-order valence-corrected chi connectivity index (χ0v) is 6.99. The Labute approximate surface area is 71.2 Å². The number of imidazole rings is 1. The van der Waals surface area contributed by atoms with Gasteiger partial charge in [0.25, 0.3) is 5.82 Å². The quantitative estimate of drug-likeness (QED) is 0.347. The molecule has 1 aromatic heterocycles. The van der Waals surface area contributed by atoms with Crippen molar-refractivity contribution >= 4 is 6.47 Å². The summed E-state index contributed by atoms with van der Waals surface area (Å²) in [5.41, 5.74) is 0. The number of allylic oxidation sites excluding steroid dienone is 1. The number of H-pyrrole nitrogens is 1. The lowest BCUT2D eigenvalue weighted by Crippen LogP contribution is -2.29. The standard InChI is InChI=1S/C7H10N2.CH2O2/c1-3-4-7-8-5-6-9(7)2;2-1-3/h3,5-6H,1,4H2,2H3;1H,(H,2,3). The molecule has 1 aromatic rings. The Balaban J connectivity index is 0.000000354. The third kappa shape index (κ3) is 3.55. The molecule has 0 spiro atoms. The van der Waals surface area contributed by atoms with Gasteiger partial charge in [0, 0.05) is 6.47 Å². The average molecular weight is 168 g/mol. The van der Waals surface area contributed by atoms with Gasteiger partial charge in [0.05, 0.1) is 13.5 Å². The third-order valence-corrected chi connectivity index (χ3v) is 1.31. The Kier molecular flexibility index (Phi) is 5.34. The van der Waals surface area contributed by atoms with Crippen molar-refractivity contribution in [1.29, 1.82) is 0 Å². The van der Waals surface area contributed by atoms with Crippen LogP contribution in [0.4, 0.5) is 0 Å². The molecule has 0 radical (unpaired) electrons. The molecule has 0 amide bonds. The summed E-state index contributed by atoms with van der Waals surface area (Å²) in [6.07, 6.45) is 6.69. The van der Waals surface area contributed by atoms with Crippen LogP contribution in [0, 0.1) is 0 Å². The topological polar surface area (TPSA) is 59.8 Å². The predicted molar refractivity (Wildman–Crippen MR) is 41.9 cm³/mol. The maximum Gasteiger partial charge on any atom is 0.257 e. The van der Waals surface area contributed by atoms with E-state index in [0.29, 0.717) is 0 Å². The highest BCUT2D eigenvalue weighted by Crippen LogP contribution is 1.85. The Hall–Kier alpha value is -1.58. The summed E-state index contributed by atoms with van der Waals surface area (Å²) in [5, 5.41) is 8.25.